The molecule has 0 heterocycles. The molecule has 0 aromatic rings. The Labute approximate surface area is 53.2 Å². The fraction of sp³-hybridized carbons (Fsp3) is 1.00. The molecule has 0 unspecified atom stereocenters. The Morgan fingerprint density at radius 1 is 1.17 bits per heavy atom. The summed E-state index contributed by atoms with van der Waals surface area (Å²) in [6.07, 6.45) is 0. The van der Waals surface area contributed by atoms with Crippen LogP contribution in [0, 0.1) is 0 Å². The fourth-order valence-corrected chi connectivity index (χ4v) is 0. The normalized spacial score (nSPS) is 10.5. The van der Waals surface area contributed by atoms with Crippen LogP contribution in [0.1, 0.15) is 0 Å². The van der Waals surface area contributed by atoms with E-state index in [0.29, 0.717) is 0 Å². The highest BCUT2D eigenvalue weighted by Crippen LogP contribution is 1.71. The van der Waals surface area contributed by atoms with E-state index < -0.39 is 0 Å². The van der Waals surface area contributed by atoms with Crippen LogP contribution >= 0.6 is 0 Å². The summed E-state index contributed by atoms with van der Waals surface area (Å²) in [6.45, 7) is 0. The van der Waals surface area contributed by atoms with E-state index in [0.717, 1.165) is 4.15 Å². The van der Waals surface area contributed by atoms with Gasteiger partial charge in [0.05, 0.1) is 21.1 Å². The van der Waals surface area contributed by atoms with Crippen LogP contribution in [-0.4, -0.2) is 35.7 Å². The maximum Gasteiger partial charge on any atom is 0.238 e. The molecule has 0 saturated carbocycles. The quantitative estimate of drug-likeness (QED) is 0.325. The van der Waals surface area contributed by atoms with Crippen LogP contribution in [0.3, 0.4) is 0 Å². The second kappa shape index (κ2) is 2.77. The molecule has 1 nitrogen and oxygen atoms in total. The molecule has 0 atom stereocenters. The summed E-state index contributed by atoms with van der Waals surface area (Å²) in [5, 5.41) is 0. The molecule has 0 fully saturated rings. The lowest BCUT2D eigenvalue weighted by Gasteiger charge is -2.17. The lowest BCUT2D eigenvalue weighted by Crippen LogP contribution is -3.00. The van der Waals surface area contributed by atoms with Gasteiger partial charge in [-0.15, -0.1) is 0 Å². The highest BCUT2D eigenvalue weighted by atomic mass is 79.9. The van der Waals surface area contributed by atoms with Gasteiger partial charge in [0.25, 0.3) is 0 Å². The molecule has 0 radical (unpaired) electrons. The molecule has 0 aliphatic rings. The van der Waals surface area contributed by atoms with E-state index >= 15 is 0 Å². The van der Waals surface area contributed by atoms with Crippen molar-refractivity contribution in [3.05, 3.63) is 0 Å². The third-order valence-corrected chi connectivity index (χ3v) is 0. The number of rotatable bonds is 0. The first-order chi connectivity index (χ1) is 2.00. The zero-order chi connectivity index (χ0) is 4.50. The number of nitrogens with zero attached hydrogens (tertiary/aromatic N) is 1. The Hall–Kier alpha value is 0.657. The maximum absolute atomic E-state index is 2.19. The summed E-state index contributed by atoms with van der Waals surface area (Å²) < 4.78 is 1.14. The summed E-state index contributed by atoms with van der Waals surface area (Å²) in [7, 11) is 7.81. The minimum Gasteiger partial charge on any atom is -1.00 e. The zero-order valence-electron chi connectivity index (χ0n) is 4.83. The predicted molar refractivity (Wildman–Crippen MR) is 28.0 cm³/mol. The lowest BCUT2D eigenvalue weighted by molar-refractivity contribution is -0.749. The van der Waals surface area contributed by atoms with Crippen molar-refractivity contribution in [1.29, 1.82) is 0 Å². The summed E-state index contributed by atoms with van der Waals surface area (Å²) in [4.78, 5) is 0. The van der Waals surface area contributed by atoms with Gasteiger partial charge in [-0.25, -0.2) is 0 Å². The summed E-state index contributed by atoms with van der Waals surface area (Å²) in [5.41, 5.74) is 0. The van der Waals surface area contributed by atoms with Crippen molar-refractivity contribution in [2.75, 3.05) is 21.1 Å². The molecule has 0 aromatic heterocycles. The molecule has 0 rings (SSSR count). The molecule has 3 heteroatoms. The van der Waals surface area contributed by atoms with Gasteiger partial charge in [-0.1, -0.05) is 0 Å². The minimum absolute atomic E-state index is 0. The van der Waals surface area contributed by atoms with Crippen LogP contribution in [0.25, 0.3) is 0 Å². The Morgan fingerprint density at radius 3 is 1.17 bits per heavy atom. The van der Waals surface area contributed by atoms with Gasteiger partial charge in [0.1, 0.15) is 0 Å². The molecule has 0 saturated heterocycles. The van der Waals surface area contributed by atoms with Crippen LogP contribution in [0.4, 0.5) is 0 Å². The summed E-state index contributed by atoms with van der Waals surface area (Å²) >= 11 is 0. The van der Waals surface area contributed by atoms with E-state index in [4.69, 9.17) is 0 Å². The Morgan fingerprint density at radius 2 is 1.17 bits per heavy atom. The predicted octanol–water partition coefficient (Wildman–Crippen LogP) is -4.02. The molecule has 0 spiro atoms. The Bertz CT molecular complexity index is 26.3. The van der Waals surface area contributed by atoms with Crippen molar-refractivity contribution in [2.45, 2.75) is 0 Å². The second-order valence-corrected chi connectivity index (χ2v) is 5.37. The van der Waals surface area contributed by atoms with Crippen molar-refractivity contribution in [2.24, 2.45) is 0 Å². The number of halogens is 1. The van der Waals surface area contributed by atoms with Crippen molar-refractivity contribution >= 4 is 10.4 Å². The van der Waals surface area contributed by atoms with Crippen LogP contribution in [0.15, 0.2) is 0 Å². The minimum atomic E-state index is 0. The number of quaternary nitrogens is 1. The van der Waals surface area contributed by atoms with E-state index in [1.165, 1.54) is 10.4 Å². The second-order valence-electron chi connectivity index (χ2n) is 2.68. The van der Waals surface area contributed by atoms with Crippen LogP contribution < -0.4 is 17.0 Å². The van der Waals surface area contributed by atoms with Crippen LogP contribution in [0.2, 0.25) is 0 Å². The lowest BCUT2D eigenvalue weighted by atomic mass is 11.0. The zero-order valence-corrected chi connectivity index (χ0v) is 8.41. The smallest absolute Gasteiger partial charge is 0.238 e. The molecular weight excluding hydrogens is 158 g/mol. The van der Waals surface area contributed by atoms with E-state index in [9.17, 15) is 0 Å². The molecule has 40 valence electrons. The van der Waals surface area contributed by atoms with Gasteiger partial charge in [0.2, 0.25) is 10.4 Å². The summed E-state index contributed by atoms with van der Waals surface area (Å²) in [6, 6.07) is 0. The Balaban J connectivity index is 0. The first-order valence-electron chi connectivity index (χ1n) is 1.79. The number of hydrogen-bond acceptors (Lipinski definition) is 0. The largest absolute Gasteiger partial charge is 1.00 e. The third-order valence-electron chi connectivity index (χ3n) is 0. The van der Waals surface area contributed by atoms with E-state index in [-0.39, 0.29) is 17.0 Å². The molecule has 6 heavy (non-hydrogen) atoms. The van der Waals surface area contributed by atoms with Gasteiger partial charge in [-0.2, -0.15) is 0 Å². The van der Waals surface area contributed by atoms with Crippen molar-refractivity contribution in [3.8, 4) is 0 Å². The van der Waals surface area contributed by atoms with Gasteiger partial charge in [0.15, 0.2) is 0 Å². The van der Waals surface area contributed by atoms with Gasteiger partial charge >= 0.3 is 0 Å². The highest BCUT2D eigenvalue weighted by molar-refractivity contribution is 5.96. The first kappa shape index (κ1) is 9.82. The van der Waals surface area contributed by atoms with Gasteiger partial charge in [-0.3, -0.25) is 0 Å². The van der Waals surface area contributed by atoms with Gasteiger partial charge < -0.3 is 21.1 Å². The molecule has 0 bridgehead atoms. The molecule has 0 aliphatic carbocycles. The van der Waals surface area contributed by atoms with Crippen LogP contribution in [0.5, 0.6) is 0 Å². The molecular formula is C3H12BrNSi. The maximum atomic E-state index is 2.19. The topological polar surface area (TPSA) is 0 Å². The molecule has 0 N–H and O–H groups in total. The van der Waals surface area contributed by atoms with Crippen molar-refractivity contribution < 1.29 is 21.1 Å². The standard InChI is InChI=1S/C3H12NSi.BrH/c1-4(2,3)5;/h1-3,5H3;1H/q+1;/p-1. The molecule has 0 aromatic carbocycles. The third kappa shape index (κ3) is 144. The van der Waals surface area contributed by atoms with Crippen molar-refractivity contribution in [3.63, 3.8) is 0 Å². The SMILES string of the molecule is C[N+](C)(C)[SiH3].[Br-]. The number of hydrogen-bond donors (Lipinski definition) is 0. The van der Waals surface area contributed by atoms with Crippen LogP contribution in [-0.2, 0) is 0 Å². The van der Waals surface area contributed by atoms with E-state index in [2.05, 4.69) is 21.1 Å². The average molecular weight is 170 g/mol. The van der Waals surface area contributed by atoms with E-state index in [1.807, 2.05) is 0 Å². The van der Waals surface area contributed by atoms with E-state index in [1.54, 1.807) is 0 Å². The highest BCUT2D eigenvalue weighted by Gasteiger charge is 1.87. The average Bonchev–Trinajstić information content (AvgIpc) is 0.722. The summed E-state index contributed by atoms with van der Waals surface area (Å²) in [5.74, 6) is 0. The van der Waals surface area contributed by atoms with Gasteiger partial charge in [0, 0.05) is 0 Å². The van der Waals surface area contributed by atoms with Gasteiger partial charge in [-0.05, 0) is 0 Å². The van der Waals surface area contributed by atoms with Crippen molar-refractivity contribution in [1.82, 2.24) is 0 Å². The Kier molecular flexibility index (Phi) is 4.53. The molecule has 0 amide bonds. The molecule has 0 aliphatic heterocycles. The monoisotopic (exact) mass is 169 g/mol. The first-order valence-corrected chi connectivity index (χ1v) is 2.68. The fourth-order valence-electron chi connectivity index (χ4n) is 0.